The molecule has 0 atom stereocenters. The van der Waals surface area contributed by atoms with E-state index in [0.29, 0.717) is 47.5 Å². The van der Waals surface area contributed by atoms with Crippen LogP contribution in [0.25, 0.3) is 21.9 Å². The van der Waals surface area contributed by atoms with Gasteiger partial charge >= 0.3 is 5.69 Å². The SMILES string of the molecule is Cc1oc(-c2cccs2)nc1Cn1c(=O)c2c(ncn2CC(C)C)n(Cc2ccccc2)c1=O. The lowest BCUT2D eigenvalue weighted by Gasteiger charge is -2.13. The summed E-state index contributed by atoms with van der Waals surface area (Å²) in [5, 5.41) is 1.95. The third-order valence-corrected chi connectivity index (χ3v) is 6.52. The Morgan fingerprint density at radius 1 is 1.03 bits per heavy atom. The Labute approximate surface area is 199 Å². The quantitative estimate of drug-likeness (QED) is 0.353. The number of rotatable bonds is 7. The van der Waals surface area contributed by atoms with E-state index in [9.17, 15) is 9.59 Å². The fourth-order valence-electron chi connectivity index (χ4n) is 4.05. The van der Waals surface area contributed by atoms with Crippen LogP contribution in [0.2, 0.25) is 0 Å². The lowest BCUT2D eigenvalue weighted by atomic mass is 10.2. The number of imidazole rings is 1. The highest BCUT2D eigenvalue weighted by atomic mass is 32.1. The van der Waals surface area contributed by atoms with Crippen LogP contribution < -0.4 is 11.2 Å². The second-order valence-corrected chi connectivity index (χ2v) is 9.66. The molecule has 0 spiro atoms. The first-order valence-electron chi connectivity index (χ1n) is 11.1. The van der Waals surface area contributed by atoms with Gasteiger partial charge in [-0.3, -0.25) is 13.9 Å². The standard InChI is InChI=1S/C25H25N5O3S/c1-16(2)12-28-15-26-22-21(28)24(31)30(25(32)29(22)13-18-8-5-4-6-9-18)14-19-17(3)33-23(27-19)20-10-7-11-34-20/h4-11,15-16H,12-14H2,1-3H3. The summed E-state index contributed by atoms with van der Waals surface area (Å²) in [5.74, 6) is 1.39. The minimum absolute atomic E-state index is 0.0238. The number of nitrogens with zero attached hydrogens (tertiary/aromatic N) is 5. The van der Waals surface area contributed by atoms with Gasteiger partial charge in [-0.05, 0) is 29.9 Å². The van der Waals surface area contributed by atoms with Crippen molar-refractivity contribution >= 4 is 22.5 Å². The predicted octanol–water partition coefficient (Wildman–Crippen LogP) is 4.14. The number of hydrogen-bond acceptors (Lipinski definition) is 6. The van der Waals surface area contributed by atoms with E-state index in [-0.39, 0.29) is 12.1 Å². The van der Waals surface area contributed by atoms with Gasteiger partial charge in [0.15, 0.2) is 11.2 Å². The Kier molecular flexibility index (Phi) is 5.79. The van der Waals surface area contributed by atoms with E-state index in [0.717, 1.165) is 10.4 Å². The monoisotopic (exact) mass is 475 g/mol. The zero-order chi connectivity index (χ0) is 23.8. The summed E-state index contributed by atoms with van der Waals surface area (Å²) in [5.41, 5.74) is 1.53. The van der Waals surface area contributed by atoms with Crippen molar-refractivity contribution in [3.63, 3.8) is 0 Å². The molecule has 9 heteroatoms. The van der Waals surface area contributed by atoms with E-state index < -0.39 is 5.69 Å². The van der Waals surface area contributed by atoms with Crippen LogP contribution in [0.5, 0.6) is 0 Å². The molecule has 0 aliphatic heterocycles. The first-order valence-corrected chi connectivity index (χ1v) is 12.0. The zero-order valence-corrected chi connectivity index (χ0v) is 20.1. The molecule has 5 rings (SSSR count). The first kappa shape index (κ1) is 22.1. The van der Waals surface area contributed by atoms with Crippen LogP contribution in [0, 0.1) is 12.8 Å². The normalized spacial score (nSPS) is 11.6. The van der Waals surface area contributed by atoms with E-state index in [2.05, 4.69) is 23.8 Å². The molecule has 4 heterocycles. The highest BCUT2D eigenvalue weighted by molar-refractivity contribution is 7.13. The molecule has 0 aliphatic carbocycles. The molecule has 5 aromatic rings. The molecule has 0 amide bonds. The van der Waals surface area contributed by atoms with Crippen molar-refractivity contribution in [3.05, 3.63) is 92.0 Å². The van der Waals surface area contributed by atoms with Crippen LogP contribution in [0.3, 0.4) is 0 Å². The highest BCUT2D eigenvalue weighted by Crippen LogP contribution is 2.26. The van der Waals surface area contributed by atoms with E-state index in [1.807, 2.05) is 52.4 Å². The molecule has 34 heavy (non-hydrogen) atoms. The third-order valence-electron chi connectivity index (χ3n) is 5.66. The minimum Gasteiger partial charge on any atom is -0.440 e. The summed E-state index contributed by atoms with van der Waals surface area (Å²) in [6.45, 7) is 6.92. The molecule has 4 aromatic heterocycles. The average Bonchev–Trinajstić information content (AvgIpc) is 3.55. The maximum Gasteiger partial charge on any atom is 0.333 e. The zero-order valence-electron chi connectivity index (χ0n) is 19.3. The van der Waals surface area contributed by atoms with Crippen molar-refractivity contribution in [3.8, 4) is 10.8 Å². The topological polar surface area (TPSA) is 87.8 Å². The molecule has 1 aromatic carbocycles. The van der Waals surface area contributed by atoms with Crippen LogP contribution >= 0.6 is 11.3 Å². The molecular formula is C25H25N5O3S. The van der Waals surface area contributed by atoms with Crippen molar-refractivity contribution in [2.75, 3.05) is 0 Å². The molecule has 0 bridgehead atoms. The van der Waals surface area contributed by atoms with Crippen molar-refractivity contribution in [2.24, 2.45) is 5.92 Å². The molecular weight excluding hydrogens is 450 g/mol. The number of hydrogen-bond donors (Lipinski definition) is 0. The Morgan fingerprint density at radius 3 is 2.53 bits per heavy atom. The third kappa shape index (κ3) is 4.03. The number of fused-ring (bicyclic) bond motifs is 1. The van der Waals surface area contributed by atoms with Gasteiger partial charge in [-0.1, -0.05) is 50.2 Å². The van der Waals surface area contributed by atoms with Crippen molar-refractivity contribution in [1.29, 1.82) is 0 Å². The Bertz CT molecular complexity index is 1560. The van der Waals surface area contributed by atoms with E-state index in [4.69, 9.17) is 4.42 Å². The highest BCUT2D eigenvalue weighted by Gasteiger charge is 2.21. The summed E-state index contributed by atoms with van der Waals surface area (Å²) in [7, 11) is 0. The fraction of sp³-hybridized carbons (Fsp3) is 0.280. The minimum atomic E-state index is -0.420. The van der Waals surface area contributed by atoms with Gasteiger partial charge in [-0.2, -0.15) is 0 Å². The summed E-state index contributed by atoms with van der Waals surface area (Å²) >= 11 is 1.52. The summed E-state index contributed by atoms with van der Waals surface area (Å²) in [6.07, 6.45) is 1.65. The molecule has 0 radical (unpaired) electrons. The first-order chi connectivity index (χ1) is 16.4. The number of aromatic nitrogens is 5. The van der Waals surface area contributed by atoms with Crippen LogP contribution in [0.15, 0.2) is 68.2 Å². The van der Waals surface area contributed by atoms with E-state index in [1.54, 1.807) is 17.8 Å². The predicted molar refractivity (Wildman–Crippen MR) is 132 cm³/mol. The van der Waals surface area contributed by atoms with E-state index >= 15 is 0 Å². The molecule has 0 aliphatic rings. The number of oxazole rings is 1. The molecule has 174 valence electrons. The number of thiophene rings is 1. The molecule has 0 fully saturated rings. The van der Waals surface area contributed by atoms with Crippen molar-refractivity contribution in [2.45, 2.75) is 40.4 Å². The lowest BCUT2D eigenvalue weighted by molar-refractivity contribution is 0.527. The molecule has 0 saturated carbocycles. The molecule has 0 saturated heterocycles. The largest absolute Gasteiger partial charge is 0.440 e. The smallest absolute Gasteiger partial charge is 0.333 e. The summed E-state index contributed by atoms with van der Waals surface area (Å²) < 4.78 is 10.5. The van der Waals surface area contributed by atoms with Gasteiger partial charge in [0.25, 0.3) is 5.56 Å². The van der Waals surface area contributed by atoms with Gasteiger partial charge in [-0.15, -0.1) is 11.3 Å². The van der Waals surface area contributed by atoms with Gasteiger partial charge in [0.2, 0.25) is 5.89 Å². The maximum atomic E-state index is 13.6. The number of benzene rings is 1. The van der Waals surface area contributed by atoms with Crippen LogP contribution in [-0.2, 0) is 19.6 Å². The Balaban J connectivity index is 1.67. The van der Waals surface area contributed by atoms with Crippen LogP contribution in [0.4, 0.5) is 0 Å². The van der Waals surface area contributed by atoms with Gasteiger partial charge in [0.05, 0.1) is 24.3 Å². The second-order valence-electron chi connectivity index (χ2n) is 8.71. The molecule has 0 N–H and O–H groups in total. The number of aryl methyl sites for hydroxylation is 1. The molecule has 0 unspecified atom stereocenters. The van der Waals surface area contributed by atoms with Gasteiger partial charge in [0, 0.05) is 6.54 Å². The Morgan fingerprint density at radius 2 is 1.82 bits per heavy atom. The average molecular weight is 476 g/mol. The van der Waals surface area contributed by atoms with Gasteiger partial charge in [0.1, 0.15) is 11.5 Å². The second kappa shape index (κ2) is 8.90. The van der Waals surface area contributed by atoms with E-state index in [1.165, 1.54) is 15.9 Å². The van der Waals surface area contributed by atoms with Gasteiger partial charge < -0.3 is 8.98 Å². The van der Waals surface area contributed by atoms with Gasteiger partial charge in [-0.25, -0.2) is 14.8 Å². The molecule has 8 nitrogen and oxygen atoms in total. The summed E-state index contributed by atoms with van der Waals surface area (Å²) in [4.78, 5) is 37.2. The lowest BCUT2D eigenvalue weighted by Crippen LogP contribution is -2.41. The maximum absolute atomic E-state index is 13.6. The van der Waals surface area contributed by atoms with Crippen LogP contribution in [-0.4, -0.2) is 23.7 Å². The van der Waals surface area contributed by atoms with Crippen molar-refractivity contribution in [1.82, 2.24) is 23.7 Å². The fourth-order valence-corrected chi connectivity index (χ4v) is 4.70. The van der Waals surface area contributed by atoms with Crippen LogP contribution in [0.1, 0.15) is 30.9 Å². The summed E-state index contributed by atoms with van der Waals surface area (Å²) in [6, 6.07) is 13.5. The Hall–Kier alpha value is -3.72. The van der Waals surface area contributed by atoms with Crippen molar-refractivity contribution < 1.29 is 4.42 Å².